The molecule has 0 radical (unpaired) electrons. The van der Waals surface area contributed by atoms with E-state index in [9.17, 15) is 18.0 Å². The Morgan fingerprint density at radius 2 is 1.59 bits per heavy atom. The van der Waals surface area contributed by atoms with E-state index in [1.807, 2.05) is 6.92 Å². The molecule has 0 fully saturated rings. The maximum Gasteiger partial charge on any atom is 0.244 e. The molecule has 0 aliphatic carbocycles. The van der Waals surface area contributed by atoms with Gasteiger partial charge in [-0.15, -0.1) is 0 Å². The van der Waals surface area contributed by atoms with Crippen molar-refractivity contribution in [2.75, 3.05) is 23.7 Å². The average Bonchev–Trinajstić information content (AvgIpc) is 2.74. The number of hydrogen-bond donors (Lipinski definition) is 1. The molecule has 0 saturated carbocycles. The van der Waals surface area contributed by atoms with E-state index >= 15 is 0 Å². The monoisotopic (exact) mass is 567 g/mol. The van der Waals surface area contributed by atoms with Crippen LogP contribution in [0.1, 0.15) is 25.8 Å². The van der Waals surface area contributed by atoms with Crippen LogP contribution in [0.3, 0.4) is 0 Å². The van der Waals surface area contributed by atoms with Crippen molar-refractivity contribution in [2.24, 2.45) is 0 Å². The summed E-state index contributed by atoms with van der Waals surface area (Å²) < 4.78 is 26.0. The molecule has 0 aromatic heterocycles. The predicted octanol–water partition coefficient (Wildman–Crippen LogP) is 5.01. The van der Waals surface area contributed by atoms with Crippen molar-refractivity contribution in [3.63, 3.8) is 0 Å². The van der Waals surface area contributed by atoms with Gasteiger partial charge in [-0.05, 0) is 49.2 Å². The minimum Gasteiger partial charge on any atom is -0.354 e. The summed E-state index contributed by atoms with van der Waals surface area (Å²) in [6, 6.07) is 8.14. The molecular weight excluding hydrogens is 544 g/mol. The molecule has 0 aliphatic rings. The van der Waals surface area contributed by atoms with Crippen LogP contribution in [0.5, 0.6) is 0 Å². The molecule has 0 bridgehead atoms. The molecule has 0 heterocycles. The minimum absolute atomic E-state index is 0.0402. The summed E-state index contributed by atoms with van der Waals surface area (Å²) >= 11 is 24.4. The standard InChI is InChI=1S/C22H25Cl4N3O4S/c1-4-9-27-22(31)14(2)28(12-15-5-6-16(23)10-18(15)25)21(30)13-29(34(3,32)33)20-8-7-17(24)11-19(20)26/h5-8,10-11,14H,4,9,12-13H2,1-3H3,(H,27,31)/t14-/m0/s1. The lowest BCUT2D eigenvalue weighted by Gasteiger charge is -2.32. The molecule has 12 heteroatoms. The fourth-order valence-electron chi connectivity index (χ4n) is 3.09. The third-order valence-corrected chi connectivity index (χ3v) is 7.18. The Balaban J connectivity index is 2.44. The number of benzene rings is 2. The van der Waals surface area contributed by atoms with Crippen molar-refractivity contribution >= 4 is 73.9 Å². The number of anilines is 1. The molecule has 1 atom stereocenters. The number of nitrogens with zero attached hydrogens (tertiary/aromatic N) is 2. The highest BCUT2D eigenvalue weighted by atomic mass is 35.5. The van der Waals surface area contributed by atoms with Gasteiger partial charge in [0.25, 0.3) is 0 Å². The normalized spacial score (nSPS) is 12.2. The van der Waals surface area contributed by atoms with Crippen LogP contribution in [0.15, 0.2) is 36.4 Å². The van der Waals surface area contributed by atoms with E-state index in [2.05, 4.69) is 5.32 Å². The van der Waals surface area contributed by atoms with E-state index in [0.717, 1.165) is 10.6 Å². The summed E-state index contributed by atoms with van der Waals surface area (Å²) in [6.45, 7) is 3.27. The highest BCUT2D eigenvalue weighted by Crippen LogP contribution is 2.31. The Labute approximate surface area is 220 Å². The van der Waals surface area contributed by atoms with Gasteiger partial charge in [-0.1, -0.05) is 59.4 Å². The van der Waals surface area contributed by atoms with Gasteiger partial charge in [-0.3, -0.25) is 13.9 Å². The quantitative estimate of drug-likeness (QED) is 0.436. The van der Waals surface area contributed by atoms with Crippen LogP contribution >= 0.6 is 46.4 Å². The molecular formula is C22H25Cl4N3O4S. The Bertz CT molecular complexity index is 1160. The Morgan fingerprint density at radius 3 is 2.12 bits per heavy atom. The van der Waals surface area contributed by atoms with Crippen LogP contribution in [-0.2, 0) is 26.2 Å². The summed E-state index contributed by atoms with van der Waals surface area (Å²) in [5, 5.41) is 3.86. The number of hydrogen-bond acceptors (Lipinski definition) is 4. The van der Waals surface area contributed by atoms with Crippen molar-refractivity contribution in [2.45, 2.75) is 32.9 Å². The van der Waals surface area contributed by atoms with Crippen molar-refractivity contribution in [1.82, 2.24) is 10.2 Å². The smallest absolute Gasteiger partial charge is 0.244 e. The topological polar surface area (TPSA) is 86.8 Å². The maximum atomic E-state index is 13.5. The fourth-order valence-corrected chi connectivity index (χ4v) is 4.98. The number of nitrogens with one attached hydrogen (secondary N) is 1. The third kappa shape index (κ3) is 7.65. The molecule has 0 spiro atoms. The van der Waals surface area contributed by atoms with E-state index in [0.29, 0.717) is 33.6 Å². The Morgan fingerprint density at radius 1 is 1.00 bits per heavy atom. The van der Waals surface area contributed by atoms with Crippen LogP contribution in [0.25, 0.3) is 0 Å². The second-order valence-electron chi connectivity index (χ2n) is 7.59. The number of amides is 2. The van der Waals surface area contributed by atoms with Crippen LogP contribution in [-0.4, -0.2) is 50.5 Å². The van der Waals surface area contributed by atoms with Gasteiger partial charge in [-0.2, -0.15) is 0 Å². The number of halogens is 4. The van der Waals surface area contributed by atoms with Gasteiger partial charge >= 0.3 is 0 Å². The van der Waals surface area contributed by atoms with Gasteiger partial charge in [0.2, 0.25) is 21.8 Å². The van der Waals surface area contributed by atoms with Crippen molar-refractivity contribution in [3.8, 4) is 0 Å². The number of carbonyl (C=O) groups excluding carboxylic acids is 2. The lowest BCUT2D eigenvalue weighted by molar-refractivity contribution is -0.139. The lowest BCUT2D eigenvalue weighted by Crippen LogP contribution is -2.51. The molecule has 0 unspecified atom stereocenters. The number of carbonyl (C=O) groups is 2. The maximum absolute atomic E-state index is 13.5. The van der Waals surface area contributed by atoms with Gasteiger partial charge in [0.05, 0.1) is 17.0 Å². The van der Waals surface area contributed by atoms with E-state index < -0.39 is 28.5 Å². The van der Waals surface area contributed by atoms with Crippen molar-refractivity contribution in [3.05, 3.63) is 62.1 Å². The lowest BCUT2D eigenvalue weighted by atomic mass is 10.1. The molecule has 34 heavy (non-hydrogen) atoms. The molecule has 2 aromatic rings. The van der Waals surface area contributed by atoms with Crippen LogP contribution in [0.2, 0.25) is 20.1 Å². The molecule has 0 aliphatic heterocycles. The van der Waals surface area contributed by atoms with Crippen molar-refractivity contribution < 1.29 is 18.0 Å². The van der Waals surface area contributed by atoms with Crippen LogP contribution in [0.4, 0.5) is 5.69 Å². The summed E-state index contributed by atoms with van der Waals surface area (Å²) in [4.78, 5) is 27.4. The zero-order valence-electron chi connectivity index (χ0n) is 18.8. The molecule has 1 N–H and O–H groups in total. The third-order valence-electron chi connectivity index (χ3n) is 4.93. The van der Waals surface area contributed by atoms with E-state index in [1.165, 1.54) is 29.2 Å². The highest BCUT2D eigenvalue weighted by molar-refractivity contribution is 7.92. The van der Waals surface area contributed by atoms with E-state index in [-0.39, 0.29) is 23.2 Å². The molecule has 0 saturated heterocycles. The summed E-state index contributed by atoms with van der Waals surface area (Å²) in [7, 11) is -3.91. The average molecular weight is 569 g/mol. The van der Waals surface area contributed by atoms with E-state index in [4.69, 9.17) is 46.4 Å². The zero-order chi connectivity index (χ0) is 25.6. The van der Waals surface area contributed by atoms with Crippen LogP contribution in [0, 0.1) is 0 Å². The summed E-state index contributed by atoms with van der Waals surface area (Å²) in [5.41, 5.74) is 0.638. The zero-order valence-corrected chi connectivity index (χ0v) is 22.7. The Hall–Kier alpha value is -1.71. The Kier molecular flexibility index (Phi) is 10.3. The van der Waals surface area contributed by atoms with Gasteiger partial charge in [0.1, 0.15) is 12.6 Å². The second kappa shape index (κ2) is 12.3. The molecule has 2 rings (SSSR count). The van der Waals surface area contributed by atoms with Crippen molar-refractivity contribution in [1.29, 1.82) is 0 Å². The van der Waals surface area contributed by atoms with Gasteiger partial charge in [0, 0.05) is 28.2 Å². The fraction of sp³-hybridized carbons (Fsp3) is 0.364. The molecule has 2 amide bonds. The van der Waals surface area contributed by atoms with Gasteiger partial charge in [0.15, 0.2) is 0 Å². The first kappa shape index (κ1) is 28.5. The van der Waals surface area contributed by atoms with Gasteiger partial charge < -0.3 is 10.2 Å². The minimum atomic E-state index is -3.91. The molecule has 7 nitrogen and oxygen atoms in total. The largest absolute Gasteiger partial charge is 0.354 e. The van der Waals surface area contributed by atoms with Gasteiger partial charge in [-0.25, -0.2) is 8.42 Å². The number of rotatable bonds is 10. The molecule has 2 aromatic carbocycles. The highest BCUT2D eigenvalue weighted by Gasteiger charge is 2.31. The second-order valence-corrected chi connectivity index (χ2v) is 11.2. The van der Waals surface area contributed by atoms with Crippen LogP contribution < -0.4 is 9.62 Å². The number of sulfonamides is 1. The SMILES string of the molecule is CCCNC(=O)[C@H](C)N(Cc1ccc(Cl)cc1Cl)C(=O)CN(c1ccc(Cl)cc1Cl)S(C)(=O)=O. The molecule has 186 valence electrons. The first-order chi connectivity index (χ1) is 15.8. The first-order valence-corrected chi connectivity index (χ1v) is 13.6. The predicted molar refractivity (Wildman–Crippen MR) is 138 cm³/mol. The van der Waals surface area contributed by atoms with E-state index in [1.54, 1.807) is 19.1 Å². The first-order valence-electron chi connectivity index (χ1n) is 10.3. The summed E-state index contributed by atoms with van der Waals surface area (Å²) in [5.74, 6) is -1.00. The summed E-state index contributed by atoms with van der Waals surface area (Å²) in [6.07, 6.45) is 1.68.